The summed E-state index contributed by atoms with van der Waals surface area (Å²) in [6, 6.07) is 15.3. The fourth-order valence-electron chi connectivity index (χ4n) is 6.39. The van der Waals surface area contributed by atoms with E-state index < -0.39 is 18.2 Å². The lowest BCUT2D eigenvalue weighted by atomic mass is 9.73. The molecular formula is C28H31F4N3O. The minimum absolute atomic E-state index is 0.00335. The average molecular weight is 502 g/mol. The molecule has 2 fully saturated rings. The molecule has 4 aliphatic rings. The van der Waals surface area contributed by atoms with Crippen molar-refractivity contribution in [3.05, 3.63) is 71.0 Å². The summed E-state index contributed by atoms with van der Waals surface area (Å²) in [5, 5.41) is 0. The summed E-state index contributed by atoms with van der Waals surface area (Å²) in [6.45, 7) is 1.77. The van der Waals surface area contributed by atoms with Crippen molar-refractivity contribution in [2.45, 2.75) is 62.4 Å². The van der Waals surface area contributed by atoms with Gasteiger partial charge in [-0.15, -0.1) is 0 Å². The molecule has 36 heavy (non-hydrogen) atoms. The average Bonchev–Trinajstić information content (AvgIpc) is 3.40. The summed E-state index contributed by atoms with van der Waals surface area (Å²) in [6.07, 6.45) is -0.112. The van der Waals surface area contributed by atoms with Gasteiger partial charge in [0.25, 0.3) is 6.02 Å². The molecule has 192 valence electrons. The highest BCUT2D eigenvalue weighted by Gasteiger charge is 2.56. The molecule has 1 aliphatic carbocycles. The van der Waals surface area contributed by atoms with Gasteiger partial charge in [0.1, 0.15) is 11.4 Å². The lowest BCUT2D eigenvalue weighted by molar-refractivity contribution is -0.137. The number of fused-ring (bicyclic) bond motifs is 1. The van der Waals surface area contributed by atoms with Gasteiger partial charge in [-0.25, -0.2) is 9.38 Å². The standard InChI is InChI=1S/C28H31F4N3O/c29-22-10-8-20(9-11-22)24-23-7-2-1-4-19(23)12-15-35(24)26-33-25(21-5-3-6-21)27(36-26)13-16-34(18-27)17-14-28(30,31)32/h1-2,4,7-11,21,24-25H,3,5-6,12-18H2/t24-,25?,27+/m0/s1. The lowest BCUT2D eigenvalue weighted by Gasteiger charge is -2.40. The highest BCUT2D eigenvalue weighted by Crippen LogP contribution is 2.47. The molecule has 0 aromatic heterocycles. The second-order valence-corrected chi connectivity index (χ2v) is 10.7. The molecule has 0 bridgehead atoms. The van der Waals surface area contributed by atoms with Crippen LogP contribution in [0.15, 0.2) is 53.5 Å². The van der Waals surface area contributed by atoms with Crippen molar-refractivity contribution in [1.82, 2.24) is 9.80 Å². The van der Waals surface area contributed by atoms with Crippen LogP contribution in [-0.2, 0) is 11.2 Å². The molecule has 0 N–H and O–H groups in total. The van der Waals surface area contributed by atoms with E-state index >= 15 is 0 Å². The minimum Gasteiger partial charge on any atom is -0.455 e. The van der Waals surface area contributed by atoms with Crippen LogP contribution in [0.3, 0.4) is 0 Å². The molecule has 1 spiro atoms. The van der Waals surface area contributed by atoms with Crippen molar-refractivity contribution in [2.24, 2.45) is 10.9 Å². The van der Waals surface area contributed by atoms with Crippen LogP contribution >= 0.6 is 0 Å². The quantitative estimate of drug-likeness (QED) is 0.502. The molecule has 2 aromatic rings. The zero-order valence-electron chi connectivity index (χ0n) is 20.2. The molecular weight excluding hydrogens is 470 g/mol. The van der Waals surface area contributed by atoms with Gasteiger partial charge >= 0.3 is 6.18 Å². The van der Waals surface area contributed by atoms with Crippen LogP contribution in [0.25, 0.3) is 0 Å². The maximum atomic E-state index is 13.8. The third-order valence-corrected chi connectivity index (χ3v) is 8.45. The van der Waals surface area contributed by atoms with Gasteiger partial charge < -0.3 is 9.64 Å². The minimum atomic E-state index is -4.16. The second kappa shape index (κ2) is 9.05. The van der Waals surface area contributed by atoms with Crippen LogP contribution in [0.4, 0.5) is 17.6 Å². The van der Waals surface area contributed by atoms with Gasteiger partial charge in [0.15, 0.2) is 0 Å². The van der Waals surface area contributed by atoms with Crippen molar-refractivity contribution < 1.29 is 22.3 Å². The van der Waals surface area contributed by atoms with E-state index in [1.54, 1.807) is 0 Å². The van der Waals surface area contributed by atoms with E-state index in [2.05, 4.69) is 17.0 Å². The van der Waals surface area contributed by atoms with Crippen LogP contribution in [0.1, 0.15) is 54.8 Å². The predicted octanol–water partition coefficient (Wildman–Crippen LogP) is 5.73. The zero-order valence-corrected chi connectivity index (χ0v) is 20.2. The predicted molar refractivity (Wildman–Crippen MR) is 129 cm³/mol. The van der Waals surface area contributed by atoms with E-state index in [1.165, 1.54) is 17.7 Å². The first-order valence-electron chi connectivity index (χ1n) is 13.0. The molecule has 8 heteroatoms. The van der Waals surface area contributed by atoms with Crippen LogP contribution < -0.4 is 0 Å². The Morgan fingerprint density at radius 3 is 2.53 bits per heavy atom. The fraction of sp³-hybridized carbons (Fsp3) is 0.536. The SMILES string of the molecule is Fc1ccc([C@H]2c3ccccc3CCN2C2=NC(C3CCC3)[C@]3(CCN(CCC(F)(F)F)C3)O2)cc1. The van der Waals surface area contributed by atoms with Crippen molar-refractivity contribution in [1.29, 1.82) is 0 Å². The lowest BCUT2D eigenvalue weighted by Crippen LogP contribution is -2.49. The Morgan fingerprint density at radius 1 is 1.03 bits per heavy atom. The molecule has 3 aliphatic heterocycles. The van der Waals surface area contributed by atoms with Crippen LogP contribution in [-0.4, -0.2) is 59.8 Å². The van der Waals surface area contributed by atoms with Crippen molar-refractivity contribution in [3.8, 4) is 0 Å². The number of hydrogen-bond acceptors (Lipinski definition) is 4. The van der Waals surface area contributed by atoms with Gasteiger partial charge in [0.2, 0.25) is 0 Å². The maximum Gasteiger partial charge on any atom is 0.390 e. The molecule has 3 atom stereocenters. The summed E-state index contributed by atoms with van der Waals surface area (Å²) in [7, 11) is 0. The molecule has 1 unspecified atom stereocenters. The van der Waals surface area contributed by atoms with Crippen molar-refractivity contribution in [2.75, 3.05) is 26.2 Å². The Bertz CT molecular complexity index is 1130. The normalized spacial score (nSPS) is 28.7. The van der Waals surface area contributed by atoms with Crippen LogP contribution in [0.2, 0.25) is 0 Å². The highest BCUT2D eigenvalue weighted by atomic mass is 19.4. The Labute approximate surface area is 208 Å². The molecule has 4 nitrogen and oxygen atoms in total. The third-order valence-electron chi connectivity index (χ3n) is 8.45. The summed E-state index contributed by atoms with van der Waals surface area (Å²) in [5.74, 6) is 0.129. The number of alkyl halides is 3. The first kappa shape index (κ1) is 23.8. The third kappa shape index (κ3) is 4.38. The maximum absolute atomic E-state index is 13.8. The number of ether oxygens (including phenoxy) is 1. The Kier molecular flexibility index (Phi) is 5.97. The van der Waals surface area contributed by atoms with E-state index in [1.807, 2.05) is 29.2 Å². The molecule has 6 rings (SSSR count). The van der Waals surface area contributed by atoms with Crippen molar-refractivity contribution >= 4 is 6.02 Å². The van der Waals surface area contributed by atoms with Gasteiger partial charge in [-0.1, -0.05) is 42.8 Å². The molecule has 1 saturated heterocycles. The Hall–Kier alpha value is -2.61. The number of amidine groups is 1. The molecule has 0 radical (unpaired) electrons. The highest BCUT2D eigenvalue weighted by molar-refractivity contribution is 5.78. The van der Waals surface area contributed by atoms with Gasteiger partial charge in [0.05, 0.1) is 18.5 Å². The first-order valence-corrected chi connectivity index (χ1v) is 13.0. The molecule has 0 amide bonds. The van der Waals surface area contributed by atoms with Crippen molar-refractivity contribution in [3.63, 3.8) is 0 Å². The summed E-state index contributed by atoms with van der Waals surface area (Å²) in [4.78, 5) is 9.25. The number of aliphatic imine (C=N–C) groups is 1. The topological polar surface area (TPSA) is 28.1 Å². The number of likely N-dealkylation sites (tertiary alicyclic amines) is 1. The van der Waals surface area contributed by atoms with E-state index in [4.69, 9.17) is 9.73 Å². The second-order valence-electron chi connectivity index (χ2n) is 10.7. The van der Waals surface area contributed by atoms with Gasteiger partial charge in [0, 0.05) is 32.6 Å². The molecule has 1 saturated carbocycles. The van der Waals surface area contributed by atoms with E-state index in [-0.39, 0.29) is 24.4 Å². The number of hydrogen-bond donors (Lipinski definition) is 0. The number of halogens is 4. The Balaban J connectivity index is 1.31. The number of rotatable bonds is 4. The van der Waals surface area contributed by atoms with E-state index in [0.29, 0.717) is 38.0 Å². The van der Waals surface area contributed by atoms with Gasteiger partial charge in [-0.2, -0.15) is 13.2 Å². The zero-order chi connectivity index (χ0) is 24.9. The summed E-state index contributed by atoms with van der Waals surface area (Å²) < 4.78 is 59.2. The Morgan fingerprint density at radius 2 is 1.81 bits per heavy atom. The number of nitrogens with zero attached hydrogens (tertiary/aromatic N) is 3. The fourth-order valence-corrected chi connectivity index (χ4v) is 6.39. The smallest absolute Gasteiger partial charge is 0.390 e. The molecule has 3 heterocycles. The van der Waals surface area contributed by atoms with Crippen LogP contribution in [0.5, 0.6) is 0 Å². The summed E-state index contributed by atoms with van der Waals surface area (Å²) in [5.41, 5.74) is 2.80. The van der Waals surface area contributed by atoms with Gasteiger partial charge in [-0.05, 0) is 54.0 Å². The van der Waals surface area contributed by atoms with Crippen LogP contribution in [0, 0.1) is 11.7 Å². The van der Waals surface area contributed by atoms with E-state index in [0.717, 1.165) is 36.8 Å². The molecule has 2 aromatic carbocycles. The summed E-state index contributed by atoms with van der Waals surface area (Å²) >= 11 is 0. The van der Waals surface area contributed by atoms with E-state index in [9.17, 15) is 17.6 Å². The first-order chi connectivity index (χ1) is 17.3. The monoisotopic (exact) mass is 501 g/mol. The van der Waals surface area contributed by atoms with Gasteiger partial charge in [-0.3, -0.25) is 4.90 Å². The number of benzene rings is 2. The largest absolute Gasteiger partial charge is 0.455 e.